The SMILES string of the molecule is CN(CC(=O)N1CCOCC1)c1ccc([N+](=O)[O-])c(-c2ccccc2)n1. The molecule has 1 fully saturated rings. The van der Waals surface area contributed by atoms with Crippen LogP contribution in [0.2, 0.25) is 0 Å². The highest BCUT2D eigenvalue weighted by molar-refractivity contribution is 5.81. The number of ether oxygens (including phenoxy) is 1. The molecule has 8 heteroatoms. The second-order valence-corrected chi connectivity index (χ2v) is 6.01. The van der Waals surface area contributed by atoms with Gasteiger partial charge in [0.2, 0.25) is 5.91 Å². The van der Waals surface area contributed by atoms with Crippen LogP contribution >= 0.6 is 0 Å². The summed E-state index contributed by atoms with van der Waals surface area (Å²) in [5, 5.41) is 11.3. The number of amides is 1. The van der Waals surface area contributed by atoms with E-state index in [-0.39, 0.29) is 18.1 Å². The number of likely N-dealkylation sites (N-methyl/N-ethyl adjacent to an activating group) is 1. The lowest BCUT2D eigenvalue weighted by Gasteiger charge is -2.29. The van der Waals surface area contributed by atoms with Gasteiger partial charge in [0, 0.05) is 31.8 Å². The lowest BCUT2D eigenvalue weighted by molar-refractivity contribution is -0.384. The third-order valence-electron chi connectivity index (χ3n) is 4.23. The summed E-state index contributed by atoms with van der Waals surface area (Å²) in [6.45, 7) is 2.40. The molecule has 1 aliphatic rings. The minimum absolute atomic E-state index is 0.0165. The molecule has 136 valence electrons. The molecule has 2 aromatic rings. The van der Waals surface area contributed by atoms with Crippen LogP contribution in [0.25, 0.3) is 11.3 Å². The van der Waals surface area contributed by atoms with Gasteiger partial charge in [-0.3, -0.25) is 14.9 Å². The Balaban J connectivity index is 1.83. The first kappa shape index (κ1) is 17.8. The third kappa shape index (κ3) is 3.97. The van der Waals surface area contributed by atoms with Crippen LogP contribution in [-0.4, -0.2) is 60.6 Å². The fraction of sp³-hybridized carbons (Fsp3) is 0.333. The molecule has 1 aliphatic heterocycles. The van der Waals surface area contributed by atoms with E-state index in [4.69, 9.17) is 4.74 Å². The van der Waals surface area contributed by atoms with Crippen LogP contribution < -0.4 is 4.90 Å². The van der Waals surface area contributed by atoms with E-state index in [1.165, 1.54) is 6.07 Å². The highest BCUT2D eigenvalue weighted by Gasteiger charge is 2.22. The van der Waals surface area contributed by atoms with Gasteiger partial charge in [-0.25, -0.2) is 4.98 Å². The predicted molar refractivity (Wildman–Crippen MR) is 97.0 cm³/mol. The van der Waals surface area contributed by atoms with Crippen LogP contribution in [0.15, 0.2) is 42.5 Å². The van der Waals surface area contributed by atoms with Crippen molar-refractivity contribution in [1.82, 2.24) is 9.88 Å². The Morgan fingerprint density at radius 1 is 1.23 bits per heavy atom. The summed E-state index contributed by atoms with van der Waals surface area (Å²) in [5.74, 6) is 0.494. The number of hydrogen-bond donors (Lipinski definition) is 0. The maximum Gasteiger partial charge on any atom is 0.295 e. The second kappa shape index (κ2) is 7.92. The van der Waals surface area contributed by atoms with E-state index >= 15 is 0 Å². The average Bonchev–Trinajstić information content (AvgIpc) is 2.68. The van der Waals surface area contributed by atoms with Gasteiger partial charge < -0.3 is 14.5 Å². The van der Waals surface area contributed by atoms with Gasteiger partial charge >= 0.3 is 0 Å². The van der Waals surface area contributed by atoms with Crippen LogP contribution in [0.1, 0.15) is 0 Å². The van der Waals surface area contributed by atoms with E-state index in [1.54, 1.807) is 47.2 Å². The smallest absolute Gasteiger partial charge is 0.295 e. The number of aromatic nitrogens is 1. The molecule has 1 amide bonds. The fourth-order valence-electron chi connectivity index (χ4n) is 2.81. The number of carbonyl (C=O) groups excluding carboxylic acids is 1. The number of rotatable bonds is 5. The standard InChI is InChI=1S/C18H20N4O4/c1-20(13-17(23)21-9-11-26-12-10-21)16-8-7-15(22(24)25)18(19-16)14-5-3-2-4-6-14/h2-8H,9-13H2,1H3. The number of anilines is 1. The fourth-order valence-corrected chi connectivity index (χ4v) is 2.81. The number of pyridine rings is 1. The average molecular weight is 356 g/mol. The number of carbonyl (C=O) groups is 1. The van der Waals surface area contributed by atoms with Crippen LogP contribution in [-0.2, 0) is 9.53 Å². The third-order valence-corrected chi connectivity index (χ3v) is 4.23. The van der Waals surface area contributed by atoms with Crippen LogP contribution in [0.5, 0.6) is 0 Å². The largest absolute Gasteiger partial charge is 0.378 e. The molecule has 1 aromatic heterocycles. The van der Waals surface area contributed by atoms with Gasteiger partial charge in [-0.05, 0) is 6.07 Å². The number of nitrogens with zero attached hydrogens (tertiary/aromatic N) is 4. The van der Waals surface area contributed by atoms with Gasteiger partial charge in [0.15, 0.2) is 5.69 Å². The topological polar surface area (TPSA) is 88.8 Å². The predicted octanol–water partition coefficient (Wildman–Crippen LogP) is 1.95. The Labute approximate surface area is 151 Å². The maximum absolute atomic E-state index is 12.4. The van der Waals surface area contributed by atoms with Gasteiger partial charge in [0.1, 0.15) is 5.82 Å². The zero-order chi connectivity index (χ0) is 18.5. The second-order valence-electron chi connectivity index (χ2n) is 6.01. The Kier molecular flexibility index (Phi) is 5.43. The number of hydrogen-bond acceptors (Lipinski definition) is 6. The van der Waals surface area contributed by atoms with Crippen molar-refractivity contribution < 1.29 is 14.5 Å². The van der Waals surface area contributed by atoms with Crippen LogP contribution in [0.4, 0.5) is 11.5 Å². The Hall–Kier alpha value is -3.00. The molecule has 0 bridgehead atoms. The van der Waals surface area contributed by atoms with Gasteiger partial charge in [0.05, 0.1) is 24.7 Å². The van der Waals surface area contributed by atoms with E-state index in [1.807, 2.05) is 6.07 Å². The van der Waals surface area contributed by atoms with Crippen LogP contribution in [0, 0.1) is 10.1 Å². The first-order valence-corrected chi connectivity index (χ1v) is 8.34. The summed E-state index contributed by atoms with van der Waals surface area (Å²) < 4.78 is 5.26. The van der Waals surface area contributed by atoms with Crippen molar-refractivity contribution in [3.8, 4) is 11.3 Å². The van der Waals surface area contributed by atoms with Gasteiger partial charge in [-0.15, -0.1) is 0 Å². The van der Waals surface area contributed by atoms with Crippen molar-refractivity contribution in [3.63, 3.8) is 0 Å². The maximum atomic E-state index is 12.4. The van der Waals surface area contributed by atoms with E-state index in [0.717, 1.165) is 0 Å². The molecule has 0 atom stereocenters. The molecule has 0 saturated carbocycles. The van der Waals surface area contributed by atoms with Gasteiger partial charge in [-0.1, -0.05) is 30.3 Å². The molecule has 8 nitrogen and oxygen atoms in total. The zero-order valence-corrected chi connectivity index (χ0v) is 14.5. The van der Waals surface area contributed by atoms with Crippen molar-refractivity contribution in [2.45, 2.75) is 0 Å². The molecule has 0 N–H and O–H groups in total. The van der Waals surface area contributed by atoms with Crippen molar-refractivity contribution in [2.75, 3.05) is 44.8 Å². The van der Waals surface area contributed by atoms with E-state index in [9.17, 15) is 14.9 Å². The molecule has 1 saturated heterocycles. The molecule has 2 heterocycles. The molecule has 1 aromatic carbocycles. The number of nitro groups is 1. The number of morpholine rings is 1. The summed E-state index contributed by atoms with van der Waals surface area (Å²) in [6, 6.07) is 12.0. The molecule has 0 radical (unpaired) electrons. The van der Waals surface area contributed by atoms with E-state index in [2.05, 4.69) is 4.98 Å². The first-order valence-electron chi connectivity index (χ1n) is 8.34. The van der Waals surface area contributed by atoms with E-state index in [0.29, 0.717) is 43.4 Å². The molecule has 26 heavy (non-hydrogen) atoms. The lowest BCUT2D eigenvalue weighted by Crippen LogP contribution is -2.45. The minimum atomic E-state index is -0.446. The van der Waals surface area contributed by atoms with Gasteiger partial charge in [0.25, 0.3) is 5.69 Å². The summed E-state index contributed by atoms with van der Waals surface area (Å²) in [7, 11) is 1.75. The number of benzene rings is 1. The monoisotopic (exact) mass is 356 g/mol. The first-order chi connectivity index (χ1) is 12.6. The van der Waals surface area contributed by atoms with E-state index < -0.39 is 4.92 Å². The Morgan fingerprint density at radius 2 is 1.92 bits per heavy atom. The van der Waals surface area contributed by atoms with Crippen molar-refractivity contribution >= 4 is 17.4 Å². The van der Waals surface area contributed by atoms with Crippen molar-refractivity contribution in [1.29, 1.82) is 0 Å². The molecule has 0 spiro atoms. The molecule has 0 unspecified atom stereocenters. The summed E-state index contributed by atoms with van der Waals surface area (Å²) in [4.78, 5) is 31.2. The Morgan fingerprint density at radius 3 is 2.58 bits per heavy atom. The van der Waals surface area contributed by atoms with Crippen molar-refractivity contribution in [3.05, 3.63) is 52.6 Å². The molecule has 3 rings (SSSR count). The Bertz CT molecular complexity index is 791. The summed E-state index contributed by atoms with van der Waals surface area (Å²) in [5.41, 5.74) is 0.889. The molecular formula is C18H20N4O4. The quantitative estimate of drug-likeness (QED) is 0.601. The van der Waals surface area contributed by atoms with Crippen LogP contribution in [0.3, 0.4) is 0 Å². The highest BCUT2D eigenvalue weighted by atomic mass is 16.6. The summed E-state index contributed by atoms with van der Waals surface area (Å²) >= 11 is 0. The molecular weight excluding hydrogens is 336 g/mol. The lowest BCUT2D eigenvalue weighted by atomic mass is 10.1. The summed E-state index contributed by atoms with van der Waals surface area (Å²) in [6.07, 6.45) is 0. The van der Waals surface area contributed by atoms with Crippen molar-refractivity contribution in [2.24, 2.45) is 0 Å². The molecule has 0 aliphatic carbocycles. The van der Waals surface area contributed by atoms with Gasteiger partial charge in [-0.2, -0.15) is 0 Å². The normalized spacial score (nSPS) is 14.1. The highest BCUT2D eigenvalue weighted by Crippen LogP contribution is 2.30. The zero-order valence-electron chi connectivity index (χ0n) is 14.5. The minimum Gasteiger partial charge on any atom is -0.378 e.